The van der Waals surface area contributed by atoms with Crippen LogP contribution in [0, 0.1) is 6.92 Å². The molecule has 1 atom stereocenters. The Kier molecular flexibility index (Phi) is 11.1. The third-order valence-electron chi connectivity index (χ3n) is 5.98. The van der Waals surface area contributed by atoms with E-state index in [2.05, 4.69) is 15.5 Å². The standard InChI is InChI=1S/C26H36N4O4S2/c1-4-33-23(31)16-19(3)29-26(35)30-12-9-20(10-13-30)24-22(8-7-18(2)28-24)25(32)27-11-15-36-17-21-6-5-14-34-21/h5-8,14,19-20H,4,9-13,15-17H2,1-3H3,(H,27,32)(H,29,35). The number of thiocarbonyl (C=S) groups is 1. The molecule has 0 aromatic carbocycles. The number of furan rings is 1. The number of aryl methyl sites for hydroxylation is 1. The van der Waals surface area contributed by atoms with Crippen LogP contribution in [0.2, 0.25) is 0 Å². The molecule has 0 saturated carbocycles. The first-order valence-electron chi connectivity index (χ1n) is 12.4. The number of nitrogens with one attached hydrogen (secondary N) is 2. The van der Waals surface area contributed by atoms with Crippen molar-refractivity contribution >= 4 is 41.0 Å². The minimum Gasteiger partial charge on any atom is -0.468 e. The van der Waals surface area contributed by atoms with Crippen molar-refractivity contribution in [1.82, 2.24) is 20.5 Å². The maximum atomic E-state index is 13.0. The van der Waals surface area contributed by atoms with Gasteiger partial charge in [0, 0.05) is 43.0 Å². The molecule has 2 N–H and O–H groups in total. The summed E-state index contributed by atoms with van der Waals surface area (Å²) in [6, 6.07) is 7.51. The second kappa shape index (κ2) is 14.2. The number of carbonyl (C=O) groups is 2. The summed E-state index contributed by atoms with van der Waals surface area (Å²) in [5, 5.41) is 6.93. The predicted octanol–water partition coefficient (Wildman–Crippen LogP) is 4.04. The number of nitrogens with zero attached hydrogens (tertiary/aromatic N) is 2. The van der Waals surface area contributed by atoms with Gasteiger partial charge in [0.15, 0.2) is 5.11 Å². The molecule has 0 radical (unpaired) electrons. The number of carbonyl (C=O) groups excluding carboxylic acids is 2. The van der Waals surface area contributed by atoms with Crippen LogP contribution in [-0.2, 0) is 15.3 Å². The van der Waals surface area contributed by atoms with Crippen molar-refractivity contribution < 1.29 is 18.7 Å². The summed E-state index contributed by atoms with van der Waals surface area (Å²) in [6.45, 7) is 8.17. The first-order chi connectivity index (χ1) is 17.4. The van der Waals surface area contributed by atoms with Crippen LogP contribution in [0.3, 0.4) is 0 Å². The highest BCUT2D eigenvalue weighted by Gasteiger charge is 2.27. The number of aromatic nitrogens is 1. The molecule has 1 aliphatic heterocycles. The Labute approximate surface area is 222 Å². The molecule has 8 nitrogen and oxygen atoms in total. The van der Waals surface area contributed by atoms with Gasteiger partial charge in [-0.2, -0.15) is 11.8 Å². The normalized spacial score (nSPS) is 14.8. The number of thioether (sulfide) groups is 1. The average molecular weight is 533 g/mol. The van der Waals surface area contributed by atoms with Crippen molar-refractivity contribution in [3.05, 3.63) is 53.2 Å². The summed E-state index contributed by atoms with van der Waals surface area (Å²) >= 11 is 7.30. The lowest BCUT2D eigenvalue weighted by Gasteiger charge is -2.35. The minimum absolute atomic E-state index is 0.0801. The Morgan fingerprint density at radius 3 is 2.78 bits per heavy atom. The Bertz CT molecular complexity index is 1010. The topological polar surface area (TPSA) is 96.7 Å². The molecule has 196 valence electrons. The number of ether oxygens (including phenoxy) is 1. The molecule has 36 heavy (non-hydrogen) atoms. The van der Waals surface area contributed by atoms with Gasteiger partial charge >= 0.3 is 5.97 Å². The van der Waals surface area contributed by atoms with Crippen LogP contribution in [0.1, 0.15) is 66.5 Å². The van der Waals surface area contributed by atoms with Gasteiger partial charge in [-0.25, -0.2) is 0 Å². The third kappa shape index (κ3) is 8.51. The second-order valence-corrected chi connectivity index (χ2v) is 10.4. The van der Waals surface area contributed by atoms with Gasteiger partial charge in [0.1, 0.15) is 5.76 Å². The van der Waals surface area contributed by atoms with E-state index >= 15 is 0 Å². The van der Waals surface area contributed by atoms with E-state index in [0.29, 0.717) is 23.8 Å². The van der Waals surface area contributed by atoms with E-state index in [1.165, 1.54) is 0 Å². The number of likely N-dealkylation sites (tertiary alicyclic amines) is 1. The first-order valence-corrected chi connectivity index (χ1v) is 14.0. The number of hydrogen-bond donors (Lipinski definition) is 2. The summed E-state index contributed by atoms with van der Waals surface area (Å²) in [5.41, 5.74) is 2.42. The molecule has 3 heterocycles. The lowest BCUT2D eigenvalue weighted by atomic mass is 9.90. The molecule has 0 aliphatic carbocycles. The van der Waals surface area contributed by atoms with E-state index in [4.69, 9.17) is 26.4 Å². The quantitative estimate of drug-likeness (QED) is 0.252. The number of rotatable bonds is 11. The summed E-state index contributed by atoms with van der Waals surface area (Å²) < 4.78 is 10.4. The molecule has 0 bridgehead atoms. The molecule has 1 saturated heterocycles. The first kappa shape index (κ1) is 28.0. The van der Waals surface area contributed by atoms with Crippen LogP contribution in [0.4, 0.5) is 0 Å². The van der Waals surface area contributed by atoms with Crippen LogP contribution in [0.25, 0.3) is 0 Å². The van der Waals surface area contributed by atoms with E-state index in [1.54, 1.807) is 24.9 Å². The Morgan fingerprint density at radius 1 is 1.31 bits per heavy atom. The van der Waals surface area contributed by atoms with Crippen LogP contribution in [-0.4, -0.2) is 64.9 Å². The summed E-state index contributed by atoms with van der Waals surface area (Å²) in [7, 11) is 0. The highest BCUT2D eigenvalue weighted by Crippen LogP contribution is 2.29. The van der Waals surface area contributed by atoms with E-state index in [1.807, 2.05) is 38.1 Å². The van der Waals surface area contributed by atoms with Gasteiger partial charge in [-0.3, -0.25) is 14.6 Å². The van der Waals surface area contributed by atoms with E-state index < -0.39 is 0 Å². The third-order valence-corrected chi connectivity index (χ3v) is 7.34. The van der Waals surface area contributed by atoms with Gasteiger partial charge in [0.05, 0.1) is 36.3 Å². The molecule has 2 aromatic heterocycles. The Morgan fingerprint density at radius 2 is 2.08 bits per heavy atom. The number of esters is 1. The van der Waals surface area contributed by atoms with Gasteiger partial charge in [-0.05, 0) is 70.1 Å². The molecular formula is C26H36N4O4S2. The average Bonchev–Trinajstić information content (AvgIpc) is 3.37. The van der Waals surface area contributed by atoms with Crippen molar-refractivity contribution in [1.29, 1.82) is 0 Å². The molecular weight excluding hydrogens is 496 g/mol. The highest BCUT2D eigenvalue weighted by molar-refractivity contribution is 7.98. The molecule has 10 heteroatoms. The molecule has 2 aromatic rings. The number of pyridine rings is 1. The van der Waals surface area contributed by atoms with Crippen molar-refractivity contribution in [3.8, 4) is 0 Å². The smallest absolute Gasteiger partial charge is 0.307 e. The lowest BCUT2D eigenvalue weighted by molar-refractivity contribution is -0.143. The van der Waals surface area contributed by atoms with E-state index in [9.17, 15) is 9.59 Å². The fourth-order valence-corrected chi connectivity index (χ4v) is 5.30. The van der Waals surface area contributed by atoms with Crippen LogP contribution >= 0.6 is 24.0 Å². The van der Waals surface area contributed by atoms with Gasteiger partial charge < -0.3 is 24.7 Å². The van der Waals surface area contributed by atoms with Gasteiger partial charge in [0.25, 0.3) is 5.91 Å². The zero-order chi connectivity index (χ0) is 25.9. The van der Waals surface area contributed by atoms with Crippen LogP contribution < -0.4 is 10.6 Å². The minimum atomic E-state index is -0.230. The highest BCUT2D eigenvalue weighted by atomic mass is 32.2. The van der Waals surface area contributed by atoms with Crippen molar-refractivity contribution in [3.63, 3.8) is 0 Å². The van der Waals surface area contributed by atoms with Gasteiger partial charge in [-0.1, -0.05) is 0 Å². The number of piperidine rings is 1. The maximum Gasteiger partial charge on any atom is 0.307 e. The monoisotopic (exact) mass is 532 g/mol. The van der Waals surface area contributed by atoms with Crippen molar-refractivity contribution in [2.75, 3.05) is 32.0 Å². The van der Waals surface area contributed by atoms with Gasteiger partial charge in [0.2, 0.25) is 0 Å². The SMILES string of the molecule is CCOC(=O)CC(C)NC(=S)N1CCC(c2nc(C)ccc2C(=O)NCCSCc2ccco2)CC1. The Balaban J connectivity index is 1.49. The summed E-state index contributed by atoms with van der Waals surface area (Å²) in [4.78, 5) is 31.6. The van der Waals surface area contributed by atoms with Crippen LogP contribution in [0.15, 0.2) is 34.9 Å². The summed E-state index contributed by atoms with van der Waals surface area (Å²) in [6.07, 6.45) is 3.65. The second-order valence-electron chi connectivity index (χ2n) is 8.89. The zero-order valence-electron chi connectivity index (χ0n) is 21.2. The molecule has 0 spiro atoms. The molecule has 3 rings (SSSR count). The van der Waals surface area contributed by atoms with Crippen molar-refractivity contribution in [2.45, 2.75) is 57.7 Å². The molecule has 1 aliphatic rings. The number of amides is 1. The molecule has 1 fully saturated rings. The fourth-order valence-electron chi connectivity index (χ4n) is 4.16. The molecule has 1 unspecified atom stereocenters. The fraction of sp³-hybridized carbons (Fsp3) is 0.538. The van der Waals surface area contributed by atoms with Crippen molar-refractivity contribution in [2.24, 2.45) is 0 Å². The molecule has 1 amide bonds. The van der Waals surface area contributed by atoms with Crippen LogP contribution in [0.5, 0.6) is 0 Å². The lowest BCUT2D eigenvalue weighted by Crippen LogP contribution is -2.47. The zero-order valence-corrected chi connectivity index (χ0v) is 22.9. The maximum absolute atomic E-state index is 13.0. The summed E-state index contributed by atoms with van der Waals surface area (Å²) in [5.74, 6) is 2.41. The Hall–Kier alpha value is -2.59. The van der Waals surface area contributed by atoms with E-state index in [-0.39, 0.29) is 30.3 Å². The largest absolute Gasteiger partial charge is 0.468 e. The number of hydrogen-bond acceptors (Lipinski definition) is 7. The predicted molar refractivity (Wildman–Crippen MR) is 146 cm³/mol. The van der Waals surface area contributed by atoms with Gasteiger partial charge in [-0.15, -0.1) is 0 Å². The van der Waals surface area contributed by atoms with E-state index in [0.717, 1.165) is 54.6 Å².